The van der Waals surface area contributed by atoms with E-state index in [-0.39, 0.29) is 16.4 Å². The van der Waals surface area contributed by atoms with Crippen LogP contribution < -0.4 is 14.6 Å². The fourth-order valence-corrected chi connectivity index (χ4v) is 3.87. The summed E-state index contributed by atoms with van der Waals surface area (Å²) in [5, 5.41) is 23.8. The van der Waals surface area contributed by atoms with Crippen LogP contribution in [0.4, 0.5) is 8.78 Å². The van der Waals surface area contributed by atoms with E-state index in [1.807, 2.05) is 6.07 Å². The van der Waals surface area contributed by atoms with E-state index in [1.165, 1.54) is 6.07 Å². The minimum absolute atomic E-state index is 0.0504. The van der Waals surface area contributed by atoms with Crippen LogP contribution in [0.2, 0.25) is 0 Å². The number of pyridine rings is 1. The molecule has 3 rings (SSSR count). The molecule has 1 aliphatic heterocycles. The molecular formula is C19H18F2N3O2S+. The Hall–Kier alpha value is -2.63. The smallest absolute Gasteiger partial charge is 0.387 e. The van der Waals surface area contributed by atoms with Crippen molar-refractivity contribution in [2.24, 2.45) is 0 Å². The number of benzene rings is 1. The van der Waals surface area contributed by atoms with E-state index in [9.17, 15) is 19.1 Å². The first kappa shape index (κ1) is 19.1. The SMILES string of the molecule is CC1(O)NC(S)=C(C#N)C(c2ccccc2OC(F)F)C1[n+]1ccccc1. The summed E-state index contributed by atoms with van der Waals surface area (Å²) in [6.45, 7) is -1.47. The summed E-state index contributed by atoms with van der Waals surface area (Å²) < 4.78 is 32.2. The Balaban J connectivity index is 2.25. The number of aliphatic hydroxyl groups is 1. The number of nitriles is 1. The van der Waals surface area contributed by atoms with Crippen molar-refractivity contribution < 1.29 is 23.2 Å². The Labute approximate surface area is 160 Å². The van der Waals surface area contributed by atoms with Gasteiger partial charge in [-0.25, -0.2) is 0 Å². The van der Waals surface area contributed by atoms with Crippen molar-refractivity contribution in [2.45, 2.75) is 31.2 Å². The molecule has 0 bridgehead atoms. The molecule has 0 fully saturated rings. The lowest BCUT2D eigenvalue weighted by Crippen LogP contribution is -2.62. The highest BCUT2D eigenvalue weighted by molar-refractivity contribution is 7.84. The van der Waals surface area contributed by atoms with E-state index < -0.39 is 24.3 Å². The van der Waals surface area contributed by atoms with Crippen molar-refractivity contribution in [2.75, 3.05) is 0 Å². The second-order valence-electron chi connectivity index (χ2n) is 6.31. The zero-order valence-corrected chi connectivity index (χ0v) is 15.3. The Kier molecular flexibility index (Phi) is 5.35. The third-order valence-corrected chi connectivity index (χ3v) is 4.83. The van der Waals surface area contributed by atoms with Gasteiger partial charge in [-0.2, -0.15) is 18.6 Å². The molecule has 2 N–H and O–H groups in total. The van der Waals surface area contributed by atoms with Gasteiger partial charge >= 0.3 is 6.61 Å². The average molecular weight is 390 g/mol. The van der Waals surface area contributed by atoms with Crippen molar-refractivity contribution in [1.29, 1.82) is 5.26 Å². The number of hydrogen-bond acceptors (Lipinski definition) is 5. The molecule has 3 atom stereocenters. The second kappa shape index (κ2) is 7.55. The van der Waals surface area contributed by atoms with Gasteiger partial charge in [-0.05, 0) is 13.0 Å². The van der Waals surface area contributed by atoms with Gasteiger partial charge in [0.05, 0.1) is 22.6 Å². The molecule has 27 heavy (non-hydrogen) atoms. The van der Waals surface area contributed by atoms with E-state index >= 15 is 0 Å². The molecule has 0 saturated carbocycles. The van der Waals surface area contributed by atoms with Crippen molar-refractivity contribution in [3.8, 4) is 11.8 Å². The highest BCUT2D eigenvalue weighted by Crippen LogP contribution is 2.46. The third-order valence-electron chi connectivity index (χ3n) is 4.48. The standard InChI is InChI=1S/C19H17F2N3O2S/c1-19(25)16(24-9-5-2-6-10-24)15(13(11-22)17(27)23-19)12-7-3-4-8-14(12)26-18(20)21/h2-10,15-16,18,23,25H,1H3/p+1. The molecule has 1 aromatic carbocycles. The van der Waals surface area contributed by atoms with Gasteiger partial charge < -0.3 is 15.2 Å². The molecule has 1 aromatic heterocycles. The molecule has 0 spiro atoms. The highest BCUT2D eigenvalue weighted by atomic mass is 32.1. The largest absolute Gasteiger partial charge is 0.435 e. The summed E-state index contributed by atoms with van der Waals surface area (Å²) >= 11 is 4.30. The van der Waals surface area contributed by atoms with Crippen LogP contribution in [-0.2, 0) is 0 Å². The summed E-state index contributed by atoms with van der Waals surface area (Å²) in [5.74, 6) is -0.813. The van der Waals surface area contributed by atoms with Crippen LogP contribution in [0.25, 0.3) is 0 Å². The predicted molar refractivity (Wildman–Crippen MR) is 96.9 cm³/mol. The first-order valence-electron chi connectivity index (χ1n) is 8.18. The van der Waals surface area contributed by atoms with Gasteiger partial charge in [0, 0.05) is 17.7 Å². The van der Waals surface area contributed by atoms with Gasteiger partial charge in [0.25, 0.3) is 0 Å². The molecule has 2 aromatic rings. The van der Waals surface area contributed by atoms with Crippen LogP contribution in [-0.4, -0.2) is 17.4 Å². The zero-order chi connectivity index (χ0) is 19.6. The molecular weight excluding hydrogens is 372 g/mol. The lowest BCUT2D eigenvalue weighted by molar-refractivity contribution is -0.741. The number of hydrogen-bond donors (Lipinski definition) is 3. The minimum atomic E-state index is -3.01. The van der Waals surface area contributed by atoms with Crippen molar-refractivity contribution >= 4 is 12.6 Å². The summed E-state index contributed by atoms with van der Waals surface area (Å²) in [7, 11) is 0. The molecule has 140 valence electrons. The Morgan fingerprint density at radius 1 is 1.26 bits per heavy atom. The summed E-state index contributed by atoms with van der Waals surface area (Å²) in [4.78, 5) is 0. The van der Waals surface area contributed by atoms with E-state index in [0.717, 1.165) is 0 Å². The van der Waals surface area contributed by atoms with Crippen LogP contribution in [0, 0.1) is 11.3 Å². The molecule has 3 unspecified atom stereocenters. The number of alkyl halides is 2. The van der Waals surface area contributed by atoms with Crippen LogP contribution in [0.1, 0.15) is 24.4 Å². The summed E-state index contributed by atoms with van der Waals surface area (Å²) in [6.07, 6.45) is 3.48. The average Bonchev–Trinajstić information content (AvgIpc) is 2.61. The minimum Gasteiger partial charge on any atom is -0.435 e. The molecule has 0 aliphatic carbocycles. The normalized spacial score (nSPS) is 25.1. The lowest BCUT2D eigenvalue weighted by atomic mass is 9.78. The van der Waals surface area contributed by atoms with E-state index in [1.54, 1.807) is 54.2 Å². The molecule has 1 aliphatic rings. The van der Waals surface area contributed by atoms with Crippen molar-refractivity contribution in [1.82, 2.24) is 5.32 Å². The Morgan fingerprint density at radius 2 is 1.93 bits per heavy atom. The monoisotopic (exact) mass is 390 g/mol. The maximum absolute atomic E-state index is 12.9. The Bertz CT molecular complexity index is 897. The predicted octanol–water partition coefficient (Wildman–Crippen LogP) is 2.88. The number of halogens is 2. The highest BCUT2D eigenvalue weighted by Gasteiger charge is 2.52. The number of ether oxygens (including phenoxy) is 1. The van der Waals surface area contributed by atoms with Gasteiger partial charge in [0.2, 0.25) is 6.04 Å². The molecule has 0 amide bonds. The zero-order valence-electron chi connectivity index (χ0n) is 14.4. The first-order valence-corrected chi connectivity index (χ1v) is 8.63. The van der Waals surface area contributed by atoms with Crippen LogP contribution in [0.5, 0.6) is 5.75 Å². The number of nitrogens with one attached hydrogen (secondary N) is 1. The van der Waals surface area contributed by atoms with Crippen LogP contribution >= 0.6 is 12.6 Å². The molecule has 0 saturated heterocycles. The topological polar surface area (TPSA) is 69.2 Å². The number of nitrogens with zero attached hydrogens (tertiary/aromatic N) is 2. The fraction of sp³-hybridized carbons (Fsp3) is 0.263. The molecule has 0 radical (unpaired) electrons. The van der Waals surface area contributed by atoms with Crippen LogP contribution in [0.15, 0.2) is 65.5 Å². The third kappa shape index (κ3) is 3.75. The second-order valence-corrected chi connectivity index (χ2v) is 6.76. The van der Waals surface area contributed by atoms with E-state index in [4.69, 9.17) is 0 Å². The van der Waals surface area contributed by atoms with Gasteiger partial charge in [-0.1, -0.05) is 24.3 Å². The van der Waals surface area contributed by atoms with Crippen LogP contribution in [0.3, 0.4) is 0 Å². The summed E-state index contributed by atoms with van der Waals surface area (Å²) in [5.41, 5.74) is -0.924. The summed E-state index contributed by atoms with van der Waals surface area (Å²) in [6, 6.07) is 13.0. The Morgan fingerprint density at radius 3 is 2.56 bits per heavy atom. The number of rotatable bonds is 4. The number of aromatic nitrogens is 1. The maximum Gasteiger partial charge on any atom is 0.387 e. The molecule has 5 nitrogen and oxygen atoms in total. The van der Waals surface area contributed by atoms with E-state index in [0.29, 0.717) is 5.56 Å². The van der Waals surface area contributed by atoms with Crippen molar-refractivity contribution in [3.05, 3.63) is 71.0 Å². The molecule has 8 heteroatoms. The first-order chi connectivity index (χ1) is 12.8. The maximum atomic E-state index is 12.9. The van der Waals surface area contributed by atoms with Crippen molar-refractivity contribution in [3.63, 3.8) is 0 Å². The van der Waals surface area contributed by atoms with Gasteiger partial charge in [-0.15, -0.1) is 12.6 Å². The lowest BCUT2D eigenvalue weighted by Gasteiger charge is -2.40. The number of thiol groups is 1. The number of allylic oxidation sites excluding steroid dienone is 1. The quantitative estimate of drug-likeness (QED) is 0.555. The van der Waals surface area contributed by atoms with Gasteiger partial charge in [0.15, 0.2) is 18.1 Å². The van der Waals surface area contributed by atoms with Gasteiger partial charge in [-0.3, -0.25) is 0 Å². The fourth-order valence-electron chi connectivity index (χ4n) is 3.46. The number of para-hydroxylation sites is 1. The van der Waals surface area contributed by atoms with Gasteiger partial charge in [0.1, 0.15) is 5.75 Å². The molecule has 2 heterocycles. The van der Waals surface area contributed by atoms with E-state index in [2.05, 4.69) is 28.8 Å².